The number of methoxy groups -OCH3 is 1. The Morgan fingerprint density at radius 3 is 2.61 bits per heavy atom. The molecule has 100 valence electrons. The van der Waals surface area contributed by atoms with E-state index in [0.29, 0.717) is 10.8 Å². The van der Waals surface area contributed by atoms with E-state index in [1.54, 1.807) is 6.07 Å². The third-order valence-electron chi connectivity index (χ3n) is 2.26. The standard InChI is InChI=1S/C11H13ClINO4/c1-18-10-3-9(13)8(12)2-7(10)11(17)14-6(4-15)5-16/h2-3,6,15-16H,4-5H2,1H3,(H,14,17). The number of nitrogens with one attached hydrogen (secondary N) is 1. The second-order valence-electron chi connectivity index (χ2n) is 3.50. The van der Waals surface area contributed by atoms with Crippen LogP contribution in [0.4, 0.5) is 0 Å². The summed E-state index contributed by atoms with van der Waals surface area (Å²) in [5.41, 5.74) is 0.259. The molecule has 0 aliphatic carbocycles. The van der Waals surface area contributed by atoms with Crippen molar-refractivity contribution in [1.29, 1.82) is 0 Å². The molecule has 1 aromatic rings. The molecule has 0 unspecified atom stereocenters. The molecular weight excluding hydrogens is 372 g/mol. The summed E-state index contributed by atoms with van der Waals surface area (Å²) in [4.78, 5) is 11.9. The number of aliphatic hydroxyl groups is 2. The number of hydrogen-bond donors (Lipinski definition) is 3. The molecule has 0 aliphatic heterocycles. The van der Waals surface area contributed by atoms with E-state index in [9.17, 15) is 4.79 Å². The molecule has 7 heteroatoms. The van der Waals surface area contributed by atoms with Gasteiger partial charge in [0.1, 0.15) is 5.75 Å². The van der Waals surface area contributed by atoms with Gasteiger partial charge < -0.3 is 20.3 Å². The van der Waals surface area contributed by atoms with Crippen molar-refractivity contribution in [1.82, 2.24) is 5.32 Å². The van der Waals surface area contributed by atoms with Crippen molar-refractivity contribution in [3.05, 3.63) is 26.3 Å². The quantitative estimate of drug-likeness (QED) is 0.662. The van der Waals surface area contributed by atoms with Crippen molar-refractivity contribution in [2.75, 3.05) is 20.3 Å². The minimum atomic E-state index is -0.708. The number of benzene rings is 1. The molecule has 0 saturated carbocycles. The number of aliphatic hydroxyl groups excluding tert-OH is 2. The smallest absolute Gasteiger partial charge is 0.255 e. The van der Waals surface area contributed by atoms with E-state index in [4.69, 9.17) is 26.6 Å². The summed E-state index contributed by atoms with van der Waals surface area (Å²) in [5, 5.41) is 20.7. The number of amides is 1. The summed E-state index contributed by atoms with van der Waals surface area (Å²) < 4.78 is 5.87. The van der Waals surface area contributed by atoms with Crippen LogP contribution in [0, 0.1) is 3.57 Å². The van der Waals surface area contributed by atoms with Crippen LogP contribution in [0.15, 0.2) is 12.1 Å². The summed E-state index contributed by atoms with van der Waals surface area (Å²) >= 11 is 7.98. The highest BCUT2D eigenvalue weighted by Gasteiger charge is 2.17. The first kappa shape index (κ1) is 15.5. The number of ether oxygens (including phenoxy) is 1. The summed E-state index contributed by atoms with van der Waals surface area (Å²) in [6, 6.07) is 2.42. The van der Waals surface area contributed by atoms with Gasteiger partial charge in [0.15, 0.2) is 0 Å². The van der Waals surface area contributed by atoms with Gasteiger partial charge in [-0.1, -0.05) is 11.6 Å². The number of rotatable bonds is 5. The van der Waals surface area contributed by atoms with Crippen LogP contribution in [0.5, 0.6) is 5.75 Å². The molecule has 18 heavy (non-hydrogen) atoms. The summed E-state index contributed by atoms with van der Waals surface area (Å²) in [6.07, 6.45) is 0. The zero-order valence-corrected chi connectivity index (χ0v) is 12.5. The second-order valence-corrected chi connectivity index (χ2v) is 5.07. The molecule has 0 saturated heterocycles. The number of halogens is 2. The molecule has 1 aromatic carbocycles. The van der Waals surface area contributed by atoms with E-state index >= 15 is 0 Å². The average molecular weight is 386 g/mol. The van der Waals surface area contributed by atoms with E-state index in [2.05, 4.69) is 5.32 Å². The number of carbonyl (C=O) groups excluding carboxylic acids is 1. The van der Waals surface area contributed by atoms with E-state index < -0.39 is 11.9 Å². The molecule has 0 bridgehead atoms. The fraction of sp³-hybridized carbons (Fsp3) is 0.364. The topological polar surface area (TPSA) is 78.8 Å². The van der Waals surface area contributed by atoms with E-state index in [-0.39, 0.29) is 18.8 Å². The molecule has 0 spiro atoms. The molecule has 0 aromatic heterocycles. The van der Waals surface area contributed by atoms with Crippen LogP contribution in [-0.4, -0.2) is 42.5 Å². The monoisotopic (exact) mass is 385 g/mol. The van der Waals surface area contributed by atoms with Gasteiger partial charge in [-0.05, 0) is 34.7 Å². The molecule has 0 radical (unpaired) electrons. The van der Waals surface area contributed by atoms with Crippen molar-refractivity contribution in [2.45, 2.75) is 6.04 Å². The maximum absolute atomic E-state index is 11.9. The largest absolute Gasteiger partial charge is 0.496 e. The van der Waals surface area contributed by atoms with Gasteiger partial charge in [-0.25, -0.2) is 0 Å². The van der Waals surface area contributed by atoms with Crippen molar-refractivity contribution >= 4 is 40.1 Å². The molecule has 0 aliphatic rings. The van der Waals surface area contributed by atoms with Crippen LogP contribution < -0.4 is 10.1 Å². The van der Waals surface area contributed by atoms with Crippen LogP contribution in [0.1, 0.15) is 10.4 Å². The first-order chi connectivity index (χ1) is 8.53. The van der Waals surface area contributed by atoms with Crippen LogP contribution >= 0.6 is 34.2 Å². The van der Waals surface area contributed by atoms with Gasteiger partial charge in [0.2, 0.25) is 0 Å². The first-order valence-electron chi connectivity index (χ1n) is 5.09. The van der Waals surface area contributed by atoms with Crippen molar-refractivity contribution in [3.63, 3.8) is 0 Å². The minimum absolute atomic E-state index is 0.259. The van der Waals surface area contributed by atoms with Gasteiger partial charge in [-0.15, -0.1) is 0 Å². The third-order valence-corrected chi connectivity index (χ3v) is 3.79. The zero-order valence-electron chi connectivity index (χ0n) is 9.61. The minimum Gasteiger partial charge on any atom is -0.496 e. The predicted molar refractivity (Wildman–Crippen MR) is 76.1 cm³/mol. The van der Waals surface area contributed by atoms with Crippen molar-refractivity contribution in [3.8, 4) is 5.75 Å². The first-order valence-corrected chi connectivity index (χ1v) is 6.54. The maximum Gasteiger partial charge on any atom is 0.255 e. The maximum atomic E-state index is 11.9. The molecule has 0 fully saturated rings. The lowest BCUT2D eigenvalue weighted by Crippen LogP contribution is -2.40. The predicted octanol–water partition coefficient (Wildman–Crippen LogP) is 1.04. The second kappa shape index (κ2) is 7.13. The highest BCUT2D eigenvalue weighted by molar-refractivity contribution is 14.1. The summed E-state index contributed by atoms with van der Waals surface area (Å²) in [6.45, 7) is -0.689. The third kappa shape index (κ3) is 3.71. The van der Waals surface area contributed by atoms with Gasteiger partial charge in [-0.2, -0.15) is 0 Å². The van der Waals surface area contributed by atoms with Gasteiger partial charge in [0, 0.05) is 3.57 Å². The molecule has 0 heterocycles. The van der Waals surface area contributed by atoms with Crippen LogP contribution in [-0.2, 0) is 0 Å². The molecule has 5 nitrogen and oxygen atoms in total. The molecule has 1 rings (SSSR count). The zero-order chi connectivity index (χ0) is 13.7. The Bertz CT molecular complexity index is 437. The Kier molecular flexibility index (Phi) is 6.13. The fourth-order valence-electron chi connectivity index (χ4n) is 1.29. The van der Waals surface area contributed by atoms with E-state index in [0.717, 1.165) is 3.57 Å². The Labute approximate surface area is 123 Å². The van der Waals surface area contributed by atoms with Crippen LogP contribution in [0.25, 0.3) is 0 Å². The Morgan fingerprint density at radius 1 is 1.50 bits per heavy atom. The van der Waals surface area contributed by atoms with Gasteiger partial charge >= 0.3 is 0 Å². The molecular formula is C11H13ClINO4. The van der Waals surface area contributed by atoms with Gasteiger partial charge in [-0.3, -0.25) is 4.79 Å². The van der Waals surface area contributed by atoms with E-state index in [1.165, 1.54) is 13.2 Å². The summed E-state index contributed by atoms with van der Waals surface area (Å²) in [7, 11) is 1.45. The van der Waals surface area contributed by atoms with Gasteiger partial charge in [0.25, 0.3) is 5.91 Å². The lowest BCUT2D eigenvalue weighted by atomic mass is 10.1. The van der Waals surface area contributed by atoms with E-state index in [1.807, 2.05) is 22.6 Å². The Balaban J connectivity index is 3.01. The molecule has 3 N–H and O–H groups in total. The normalized spacial score (nSPS) is 10.6. The lowest BCUT2D eigenvalue weighted by Gasteiger charge is -2.15. The molecule has 0 atom stereocenters. The van der Waals surface area contributed by atoms with Crippen LogP contribution in [0.2, 0.25) is 5.02 Å². The molecule has 1 amide bonds. The SMILES string of the molecule is COc1cc(I)c(Cl)cc1C(=O)NC(CO)CO. The average Bonchev–Trinajstić information content (AvgIpc) is 2.38. The fourth-order valence-corrected chi connectivity index (χ4v) is 1.89. The summed E-state index contributed by atoms with van der Waals surface area (Å²) in [5.74, 6) is -0.0748. The highest BCUT2D eigenvalue weighted by atomic mass is 127. The number of hydrogen-bond acceptors (Lipinski definition) is 4. The Morgan fingerprint density at radius 2 is 2.11 bits per heavy atom. The van der Waals surface area contributed by atoms with Crippen molar-refractivity contribution in [2.24, 2.45) is 0 Å². The van der Waals surface area contributed by atoms with Crippen LogP contribution in [0.3, 0.4) is 0 Å². The lowest BCUT2D eigenvalue weighted by molar-refractivity contribution is 0.0876. The number of carbonyl (C=O) groups is 1. The highest BCUT2D eigenvalue weighted by Crippen LogP contribution is 2.28. The Hall–Kier alpha value is -0.570. The van der Waals surface area contributed by atoms with Crippen molar-refractivity contribution < 1.29 is 19.7 Å². The van der Waals surface area contributed by atoms with Gasteiger partial charge in [0.05, 0.1) is 37.0 Å².